The van der Waals surface area contributed by atoms with Gasteiger partial charge in [0.25, 0.3) is 0 Å². The lowest BCUT2D eigenvalue weighted by Crippen LogP contribution is -2.37. The number of aromatic amines is 1. The summed E-state index contributed by atoms with van der Waals surface area (Å²) in [5.41, 5.74) is 0.445. The number of anilines is 1. The van der Waals surface area contributed by atoms with Gasteiger partial charge in [0.05, 0.1) is 18.0 Å². The van der Waals surface area contributed by atoms with Gasteiger partial charge in [-0.15, -0.1) is 10.2 Å². The summed E-state index contributed by atoms with van der Waals surface area (Å²) in [6, 6.07) is 3.08. The fraction of sp³-hybridized carbons (Fsp3) is 0.381. The van der Waals surface area contributed by atoms with Crippen molar-refractivity contribution in [2.75, 3.05) is 18.0 Å². The molecule has 13 heteroatoms. The number of nitrogens with one attached hydrogen (secondary N) is 2. The molecule has 3 N–H and O–H groups in total. The van der Waals surface area contributed by atoms with E-state index in [9.17, 15) is 23.1 Å². The number of halogens is 3. The predicted molar refractivity (Wildman–Crippen MR) is 115 cm³/mol. The molecule has 1 aliphatic heterocycles. The number of hydrogen-bond acceptors (Lipinski definition) is 9. The fourth-order valence-electron chi connectivity index (χ4n) is 3.75. The number of carbonyl (C=O) groups is 1. The zero-order valence-corrected chi connectivity index (χ0v) is 18.3. The van der Waals surface area contributed by atoms with E-state index in [1.807, 2.05) is 4.90 Å². The Labute approximate surface area is 192 Å². The van der Waals surface area contributed by atoms with Crippen LogP contribution in [0.1, 0.15) is 20.3 Å². The van der Waals surface area contributed by atoms with Crippen LogP contribution in [-0.2, 0) is 4.79 Å². The molecule has 3 heterocycles. The van der Waals surface area contributed by atoms with Gasteiger partial charge in [-0.2, -0.15) is 18.3 Å². The Kier molecular flexibility index (Phi) is 6.37. The molecule has 0 unspecified atom stereocenters. The van der Waals surface area contributed by atoms with Crippen molar-refractivity contribution in [3.05, 3.63) is 30.7 Å². The Morgan fingerprint density at radius 3 is 2.68 bits per heavy atom. The number of aromatic hydroxyl groups is 1. The van der Waals surface area contributed by atoms with Crippen LogP contribution < -0.4 is 15.0 Å². The van der Waals surface area contributed by atoms with E-state index >= 15 is 0 Å². The quantitative estimate of drug-likeness (QED) is 0.362. The molecule has 0 radical (unpaired) electrons. The van der Waals surface area contributed by atoms with Crippen molar-refractivity contribution < 1.29 is 27.8 Å². The first kappa shape index (κ1) is 23.4. The third-order valence-electron chi connectivity index (χ3n) is 5.19. The van der Waals surface area contributed by atoms with Gasteiger partial charge in [0.1, 0.15) is 17.2 Å². The molecule has 1 atom stereocenters. The highest BCUT2D eigenvalue weighted by Gasteiger charge is 2.42. The number of H-pyrrole nitrogens is 1. The summed E-state index contributed by atoms with van der Waals surface area (Å²) in [6.07, 6.45) is -0.197. The minimum atomic E-state index is -5.23. The Hall–Kier alpha value is -3.74. The summed E-state index contributed by atoms with van der Waals surface area (Å²) in [7, 11) is 0. The van der Waals surface area contributed by atoms with Crippen molar-refractivity contribution >= 4 is 11.9 Å². The van der Waals surface area contributed by atoms with Crippen molar-refractivity contribution in [2.24, 2.45) is 0 Å². The van der Waals surface area contributed by atoms with Crippen LogP contribution in [0.25, 0.3) is 22.4 Å². The van der Waals surface area contributed by atoms with Gasteiger partial charge < -0.3 is 20.1 Å². The van der Waals surface area contributed by atoms with Crippen LogP contribution in [-0.4, -0.2) is 67.8 Å². The van der Waals surface area contributed by atoms with Crippen LogP contribution in [0.2, 0.25) is 0 Å². The molecule has 1 aliphatic rings. The molecule has 2 aromatic heterocycles. The van der Waals surface area contributed by atoms with Crippen molar-refractivity contribution in [1.29, 1.82) is 0 Å². The number of nitrogens with zero attached hydrogens (tertiary/aromatic N) is 5. The van der Waals surface area contributed by atoms with Crippen LogP contribution in [0.5, 0.6) is 11.5 Å². The molecular formula is C21H22F3N7O3. The largest absolute Gasteiger partial charge is 0.507 e. The van der Waals surface area contributed by atoms with E-state index in [4.69, 9.17) is 0 Å². The molecule has 3 aromatic rings. The number of phenolic OH excluding ortho intramolecular Hbond substituents is 1. The van der Waals surface area contributed by atoms with E-state index < -0.39 is 23.6 Å². The monoisotopic (exact) mass is 477 g/mol. The molecule has 1 fully saturated rings. The highest BCUT2D eigenvalue weighted by atomic mass is 19.4. The lowest BCUT2D eigenvalue weighted by molar-refractivity contribution is -0.189. The highest BCUT2D eigenvalue weighted by Crippen LogP contribution is 2.41. The first-order valence-corrected chi connectivity index (χ1v) is 10.5. The van der Waals surface area contributed by atoms with Gasteiger partial charge in [-0.3, -0.25) is 5.10 Å². The number of esters is 1. The molecule has 0 aliphatic carbocycles. The molecule has 0 amide bonds. The molecule has 1 saturated heterocycles. The number of aromatic nitrogens is 5. The normalized spacial score (nSPS) is 16.3. The van der Waals surface area contributed by atoms with Crippen molar-refractivity contribution in [1.82, 2.24) is 30.7 Å². The van der Waals surface area contributed by atoms with Gasteiger partial charge in [-0.05, 0) is 24.1 Å². The van der Waals surface area contributed by atoms with Crippen LogP contribution in [0.15, 0.2) is 30.7 Å². The molecule has 0 spiro atoms. The Morgan fingerprint density at radius 1 is 1.26 bits per heavy atom. The summed E-state index contributed by atoms with van der Waals surface area (Å²) in [5.74, 6) is -3.09. The number of hydrogen-bond donors (Lipinski definition) is 3. The van der Waals surface area contributed by atoms with Crippen molar-refractivity contribution in [3.8, 4) is 33.9 Å². The van der Waals surface area contributed by atoms with Gasteiger partial charge in [0.15, 0.2) is 0 Å². The maximum atomic E-state index is 12.9. The molecule has 34 heavy (non-hydrogen) atoms. The number of carbonyl (C=O) groups excluding carboxylic acids is 1. The van der Waals surface area contributed by atoms with E-state index in [1.165, 1.54) is 30.7 Å². The van der Waals surface area contributed by atoms with Crippen LogP contribution in [0, 0.1) is 0 Å². The average molecular weight is 477 g/mol. The predicted octanol–water partition coefficient (Wildman–Crippen LogP) is 2.68. The van der Waals surface area contributed by atoms with Gasteiger partial charge in [-0.1, -0.05) is 13.8 Å². The number of alkyl halides is 3. The lowest BCUT2D eigenvalue weighted by Gasteiger charge is -2.18. The summed E-state index contributed by atoms with van der Waals surface area (Å²) in [6.45, 7) is 5.51. The average Bonchev–Trinajstić information content (AvgIpc) is 3.45. The molecule has 4 rings (SSSR count). The lowest BCUT2D eigenvalue weighted by atomic mass is 10.0. The third kappa shape index (κ3) is 5.09. The SMILES string of the molecule is CC(C)N[C@H]1CCN(c2ncc(-c3c(O)cc(-c4cn[nH]c4)cc3OC(=O)C(F)(F)F)nn2)C1. The fourth-order valence-corrected chi connectivity index (χ4v) is 3.75. The first-order chi connectivity index (χ1) is 16.1. The maximum absolute atomic E-state index is 12.9. The van der Waals surface area contributed by atoms with Gasteiger partial charge in [0.2, 0.25) is 5.95 Å². The van der Waals surface area contributed by atoms with Crippen LogP contribution >= 0.6 is 0 Å². The smallest absolute Gasteiger partial charge is 0.491 e. The Morgan fingerprint density at radius 2 is 2.06 bits per heavy atom. The topological polar surface area (TPSA) is 129 Å². The molecule has 10 nitrogen and oxygen atoms in total. The molecule has 1 aromatic carbocycles. The van der Waals surface area contributed by atoms with Gasteiger partial charge in [-0.25, -0.2) is 9.78 Å². The summed E-state index contributed by atoms with van der Waals surface area (Å²) < 4.78 is 43.2. The first-order valence-electron chi connectivity index (χ1n) is 10.5. The van der Waals surface area contributed by atoms with Crippen LogP contribution in [0.3, 0.4) is 0 Å². The number of rotatable bonds is 6. The van der Waals surface area contributed by atoms with E-state index in [-0.39, 0.29) is 22.9 Å². The summed E-state index contributed by atoms with van der Waals surface area (Å²) >= 11 is 0. The molecule has 180 valence electrons. The minimum Gasteiger partial charge on any atom is -0.507 e. The van der Waals surface area contributed by atoms with E-state index in [0.717, 1.165) is 6.42 Å². The molecular weight excluding hydrogens is 455 g/mol. The summed E-state index contributed by atoms with van der Waals surface area (Å²) in [5, 5.41) is 28.5. The van der Waals surface area contributed by atoms with Gasteiger partial charge >= 0.3 is 12.1 Å². The zero-order chi connectivity index (χ0) is 24.5. The Bertz CT molecular complexity index is 1150. The standard InChI is InChI=1S/C21H22F3N7O3/c1-11(2)28-14-3-4-31(10-14)20-25-9-15(29-30-20)18-16(32)5-12(13-7-26-27-8-13)6-17(18)34-19(33)21(22,23)24/h5-9,11,14,28,32H,3-4,10H2,1-2H3,(H,26,27)/t14-/m0/s1. The molecule has 0 saturated carbocycles. The zero-order valence-electron chi connectivity index (χ0n) is 18.3. The third-order valence-corrected chi connectivity index (χ3v) is 5.19. The van der Waals surface area contributed by atoms with Crippen LogP contribution in [0.4, 0.5) is 19.1 Å². The van der Waals surface area contributed by atoms with E-state index in [2.05, 4.69) is 49.3 Å². The van der Waals surface area contributed by atoms with E-state index in [0.29, 0.717) is 30.6 Å². The Balaban J connectivity index is 1.65. The van der Waals surface area contributed by atoms with E-state index in [1.54, 1.807) is 0 Å². The van der Waals surface area contributed by atoms with Gasteiger partial charge in [0, 0.05) is 36.9 Å². The minimum absolute atomic E-state index is 0.0546. The second-order valence-corrected chi connectivity index (χ2v) is 8.14. The second-order valence-electron chi connectivity index (χ2n) is 8.14. The second kappa shape index (κ2) is 9.25. The number of phenols is 1. The maximum Gasteiger partial charge on any atom is 0.491 e. The molecule has 0 bridgehead atoms. The number of ether oxygens (including phenoxy) is 1. The summed E-state index contributed by atoms with van der Waals surface area (Å²) in [4.78, 5) is 17.8. The van der Waals surface area contributed by atoms with Crippen molar-refractivity contribution in [3.63, 3.8) is 0 Å². The highest BCUT2D eigenvalue weighted by molar-refractivity contribution is 5.85. The number of benzene rings is 1. The van der Waals surface area contributed by atoms with Crippen molar-refractivity contribution in [2.45, 2.75) is 38.5 Å².